The van der Waals surface area contributed by atoms with Gasteiger partial charge in [-0.3, -0.25) is 4.68 Å². The second-order valence-corrected chi connectivity index (χ2v) is 5.56. The smallest absolute Gasteiger partial charge is 0.115 e. The van der Waals surface area contributed by atoms with Gasteiger partial charge in [0.15, 0.2) is 0 Å². The minimum absolute atomic E-state index is 0.657. The van der Waals surface area contributed by atoms with Crippen LogP contribution in [0.2, 0.25) is 5.02 Å². The van der Waals surface area contributed by atoms with Crippen molar-refractivity contribution in [2.75, 3.05) is 5.73 Å². The van der Waals surface area contributed by atoms with Crippen LogP contribution in [0.1, 0.15) is 11.1 Å². The second kappa shape index (κ2) is 5.62. The Balaban J connectivity index is 1.89. The highest BCUT2D eigenvalue weighted by Crippen LogP contribution is 2.26. The van der Waals surface area contributed by atoms with E-state index in [9.17, 15) is 0 Å². The molecule has 1 heterocycles. The molecular weight excluding hydrogens is 282 g/mol. The number of benzene rings is 2. The van der Waals surface area contributed by atoms with Crippen molar-refractivity contribution < 1.29 is 0 Å². The van der Waals surface area contributed by atoms with Gasteiger partial charge in [0.25, 0.3) is 0 Å². The quantitative estimate of drug-likeness (QED) is 0.789. The molecule has 2 aromatic carbocycles. The number of rotatable bonds is 3. The standard InChI is InChI=1S/C17H16ClN3/c1-12-5-7-13(8-6-12)10-21-11-16(19)17(20-21)14-3-2-4-15(18)9-14/h2-9,11H,10,19H2,1H3. The summed E-state index contributed by atoms with van der Waals surface area (Å²) in [5, 5.41) is 5.25. The number of halogens is 1. The van der Waals surface area contributed by atoms with Gasteiger partial charge in [-0.1, -0.05) is 53.6 Å². The summed E-state index contributed by atoms with van der Waals surface area (Å²) in [6.45, 7) is 2.78. The van der Waals surface area contributed by atoms with Gasteiger partial charge in [-0.2, -0.15) is 5.10 Å². The molecule has 2 N–H and O–H groups in total. The van der Waals surface area contributed by atoms with Crippen molar-refractivity contribution in [3.05, 3.63) is 70.9 Å². The lowest BCUT2D eigenvalue weighted by Gasteiger charge is -2.02. The highest BCUT2D eigenvalue weighted by Gasteiger charge is 2.09. The van der Waals surface area contributed by atoms with Gasteiger partial charge in [0, 0.05) is 16.8 Å². The molecule has 0 saturated carbocycles. The van der Waals surface area contributed by atoms with Crippen LogP contribution in [0.4, 0.5) is 5.69 Å². The van der Waals surface area contributed by atoms with E-state index in [1.165, 1.54) is 11.1 Å². The predicted molar refractivity (Wildman–Crippen MR) is 87.4 cm³/mol. The molecule has 0 amide bonds. The Morgan fingerprint density at radius 3 is 2.62 bits per heavy atom. The zero-order chi connectivity index (χ0) is 14.8. The summed E-state index contributed by atoms with van der Waals surface area (Å²) in [5.41, 5.74) is 10.9. The molecule has 0 atom stereocenters. The fraction of sp³-hybridized carbons (Fsp3) is 0.118. The van der Waals surface area contributed by atoms with Crippen LogP contribution in [0.5, 0.6) is 0 Å². The number of nitrogen functional groups attached to an aromatic ring is 1. The maximum atomic E-state index is 6.07. The number of nitrogens with two attached hydrogens (primary N) is 1. The third-order valence-corrected chi connectivity index (χ3v) is 3.59. The minimum atomic E-state index is 0.657. The van der Waals surface area contributed by atoms with E-state index < -0.39 is 0 Å². The van der Waals surface area contributed by atoms with E-state index in [1.54, 1.807) is 0 Å². The van der Waals surface area contributed by atoms with Gasteiger partial charge in [0.1, 0.15) is 5.69 Å². The van der Waals surface area contributed by atoms with E-state index in [4.69, 9.17) is 17.3 Å². The molecule has 4 heteroatoms. The van der Waals surface area contributed by atoms with Gasteiger partial charge < -0.3 is 5.73 Å². The van der Waals surface area contributed by atoms with Gasteiger partial charge >= 0.3 is 0 Å². The largest absolute Gasteiger partial charge is 0.396 e. The number of hydrogen-bond donors (Lipinski definition) is 1. The average molecular weight is 298 g/mol. The van der Waals surface area contributed by atoms with Crippen LogP contribution in [0.25, 0.3) is 11.3 Å². The van der Waals surface area contributed by atoms with Gasteiger partial charge in [-0.25, -0.2) is 0 Å². The first-order valence-electron chi connectivity index (χ1n) is 6.76. The lowest BCUT2D eigenvalue weighted by atomic mass is 10.1. The molecule has 0 spiro atoms. The van der Waals surface area contributed by atoms with E-state index in [-0.39, 0.29) is 0 Å². The van der Waals surface area contributed by atoms with Gasteiger partial charge in [0.05, 0.1) is 12.2 Å². The number of nitrogens with zero attached hydrogens (tertiary/aromatic N) is 2. The predicted octanol–water partition coefficient (Wildman–Crippen LogP) is 4.14. The Morgan fingerprint density at radius 1 is 1.14 bits per heavy atom. The monoisotopic (exact) mass is 297 g/mol. The van der Waals surface area contributed by atoms with Crippen molar-refractivity contribution in [1.82, 2.24) is 9.78 Å². The van der Waals surface area contributed by atoms with Crippen LogP contribution in [-0.2, 0) is 6.54 Å². The third kappa shape index (κ3) is 3.09. The van der Waals surface area contributed by atoms with Crippen LogP contribution in [0, 0.1) is 6.92 Å². The summed E-state index contributed by atoms with van der Waals surface area (Å²) in [6.07, 6.45) is 1.86. The minimum Gasteiger partial charge on any atom is -0.396 e. The zero-order valence-electron chi connectivity index (χ0n) is 11.8. The van der Waals surface area contributed by atoms with Crippen molar-refractivity contribution in [2.45, 2.75) is 13.5 Å². The fourth-order valence-electron chi connectivity index (χ4n) is 2.26. The normalized spacial score (nSPS) is 10.8. The van der Waals surface area contributed by atoms with Crippen molar-refractivity contribution in [2.24, 2.45) is 0 Å². The Labute approximate surface area is 129 Å². The van der Waals surface area contributed by atoms with E-state index >= 15 is 0 Å². The number of hydrogen-bond acceptors (Lipinski definition) is 2. The molecule has 3 aromatic rings. The van der Waals surface area contributed by atoms with Crippen molar-refractivity contribution in [3.63, 3.8) is 0 Å². The molecule has 0 unspecified atom stereocenters. The van der Waals surface area contributed by atoms with E-state index in [1.807, 2.05) is 35.1 Å². The third-order valence-electron chi connectivity index (χ3n) is 3.35. The van der Waals surface area contributed by atoms with Crippen LogP contribution in [-0.4, -0.2) is 9.78 Å². The summed E-state index contributed by atoms with van der Waals surface area (Å²) >= 11 is 6.02. The number of anilines is 1. The van der Waals surface area contributed by atoms with Crippen molar-refractivity contribution in [1.29, 1.82) is 0 Å². The summed E-state index contributed by atoms with van der Waals surface area (Å²) in [4.78, 5) is 0. The maximum Gasteiger partial charge on any atom is 0.115 e. The molecule has 0 fully saturated rings. The van der Waals surface area contributed by atoms with Crippen molar-refractivity contribution >= 4 is 17.3 Å². The first-order valence-corrected chi connectivity index (χ1v) is 7.14. The van der Waals surface area contributed by atoms with Crippen LogP contribution >= 0.6 is 11.6 Å². The molecule has 21 heavy (non-hydrogen) atoms. The molecule has 0 aliphatic rings. The first kappa shape index (κ1) is 13.7. The van der Waals surface area contributed by atoms with Crippen LogP contribution in [0.3, 0.4) is 0 Å². The topological polar surface area (TPSA) is 43.8 Å². The SMILES string of the molecule is Cc1ccc(Cn2cc(N)c(-c3cccc(Cl)c3)n2)cc1. The van der Waals surface area contributed by atoms with Gasteiger partial charge in [0.2, 0.25) is 0 Å². The molecule has 3 nitrogen and oxygen atoms in total. The summed E-state index contributed by atoms with van der Waals surface area (Å²) in [5.74, 6) is 0. The van der Waals surface area contributed by atoms with Crippen LogP contribution in [0.15, 0.2) is 54.7 Å². The second-order valence-electron chi connectivity index (χ2n) is 5.13. The first-order chi connectivity index (χ1) is 10.1. The fourth-order valence-corrected chi connectivity index (χ4v) is 2.45. The average Bonchev–Trinajstić information content (AvgIpc) is 2.82. The molecular formula is C17H16ClN3. The zero-order valence-corrected chi connectivity index (χ0v) is 12.5. The Kier molecular flexibility index (Phi) is 3.67. The molecule has 0 radical (unpaired) electrons. The van der Waals surface area contributed by atoms with E-state index in [0.29, 0.717) is 17.3 Å². The Hall–Kier alpha value is -2.26. The molecule has 0 aliphatic carbocycles. The molecule has 3 rings (SSSR count). The summed E-state index contributed by atoms with van der Waals surface area (Å²) < 4.78 is 1.86. The summed E-state index contributed by atoms with van der Waals surface area (Å²) in [6, 6.07) is 16.0. The van der Waals surface area contributed by atoms with E-state index in [2.05, 4.69) is 36.3 Å². The lowest BCUT2D eigenvalue weighted by molar-refractivity contribution is 0.689. The van der Waals surface area contributed by atoms with Gasteiger partial charge in [-0.15, -0.1) is 0 Å². The van der Waals surface area contributed by atoms with Gasteiger partial charge in [-0.05, 0) is 24.6 Å². The highest BCUT2D eigenvalue weighted by atomic mass is 35.5. The van der Waals surface area contributed by atoms with Crippen LogP contribution < -0.4 is 5.73 Å². The summed E-state index contributed by atoms with van der Waals surface area (Å²) in [7, 11) is 0. The lowest BCUT2D eigenvalue weighted by Crippen LogP contribution is -2.00. The Bertz CT molecular complexity index is 760. The van der Waals surface area contributed by atoms with Crippen molar-refractivity contribution in [3.8, 4) is 11.3 Å². The molecule has 0 bridgehead atoms. The molecule has 0 aliphatic heterocycles. The number of aryl methyl sites for hydroxylation is 1. The molecule has 0 saturated heterocycles. The number of aromatic nitrogens is 2. The maximum absolute atomic E-state index is 6.07. The van der Waals surface area contributed by atoms with E-state index in [0.717, 1.165) is 11.3 Å². The molecule has 1 aromatic heterocycles. The highest BCUT2D eigenvalue weighted by molar-refractivity contribution is 6.30. The Morgan fingerprint density at radius 2 is 1.90 bits per heavy atom. The molecule has 106 valence electrons.